The number of anilines is 1. The second-order valence-corrected chi connectivity index (χ2v) is 6.89. The molecule has 0 spiro atoms. The van der Waals surface area contributed by atoms with Crippen molar-refractivity contribution in [2.75, 3.05) is 25.0 Å². The van der Waals surface area contributed by atoms with E-state index in [2.05, 4.69) is 10.6 Å². The van der Waals surface area contributed by atoms with Crippen LogP contribution in [-0.4, -0.2) is 42.8 Å². The molecule has 0 saturated carbocycles. The SMILES string of the molecule is CCCN(CC(=O)Nc1ccccc1C(=O)NCc1ccc(C)cc1)CC(F)F. The van der Waals surface area contributed by atoms with E-state index in [0.717, 1.165) is 11.1 Å². The van der Waals surface area contributed by atoms with Gasteiger partial charge in [0.25, 0.3) is 12.3 Å². The topological polar surface area (TPSA) is 61.4 Å². The van der Waals surface area contributed by atoms with E-state index in [0.29, 0.717) is 30.8 Å². The van der Waals surface area contributed by atoms with Gasteiger partial charge in [-0.3, -0.25) is 14.5 Å². The number of nitrogens with zero attached hydrogens (tertiary/aromatic N) is 1. The molecular weight excluding hydrogens is 376 g/mol. The lowest BCUT2D eigenvalue weighted by molar-refractivity contribution is -0.117. The Morgan fingerprint density at radius 2 is 1.76 bits per heavy atom. The largest absolute Gasteiger partial charge is 0.348 e. The maximum absolute atomic E-state index is 12.7. The summed E-state index contributed by atoms with van der Waals surface area (Å²) in [4.78, 5) is 26.3. The van der Waals surface area contributed by atoms with E-state index in [1.54, 1.807) is 24.3 Å². The predicted octanol–water partition coefficient (Wildman–Crippen LogP) is 3.84. The predicted molar refractivity (Wildman–Crippen MR) is 110 cm³/mol. The molecule has 0 radical (unpaired) electrons. The number of carbonyl (C=O) groups is 2. The average Bonchev–Trinajstić information content (AvgIpc) is 2.67. The van der Waals surface area contributed by atoms with Crippen molar-refractivity contribution in [3.8, 4) is 0 Å². The average molecular weight is 403 g/mol. The molecule has 0 aliphatic heterocycles. The van der Waals surface area contributed by atoms with Crippen LogP contribution in [0.1, 0.15) is 34.8 Å². The van der Waals surface area contributed by atoms with Crippen LogP contribution in [0.5, 0.6) is 0 Å². The van der Waals surface area contributed by atoms with Crippen LogP contribution in [0.4, 0.5) is 14.5 Å². The van der Waals surface area contributed by atoms with Crippen molar-refractivity contribution in [3.05, 3.63) is 65.2 Å². The van der Waals surface area contributed by atoms with Crippen molar-refractivity contribution in [1.29, 1.82) is 0 Å². The number of amides is 2. The number of carbonyl (C=O) groups excluding carboxylic acids is 2. The van der Waals surface area contributed by atoms with Gasteiger partial charge in [0.05, 0.1) is 24.3 Å². The Morgan fingerprint density at radius 1 is 1.07 bits per heavy atom. The first-order valence-electron chi connectivity index (χ1n) is 9.62. The Balaban J connectivity index is 2.00. The van der Waals surface area contributed by atoms with Gasteiger partial charge in [-0.2, -0.15) is 0 Å². The maximum atomic E-state index is 12.7. The molecule has 29 heavy (non-hydrogen) atoms. The highest BCUT2D eigenvalue weighted by Crippen LogP contribution is 2.15. The molecule has 0 atom stereocenters. The highest BCUT2D eigenvalue weighted by Gasteiger charge is 2.17. The van der Waals surface area contributed by atoms with Crippen LogP contribution in [0.2, 0.25) is 0 Å². The zero-order valence-electron chi connectivity index (χ0n) is 16.8. The first kappa shape index (κ1) is 22.5. The molecule has 2 aromatic rings. The molecule has 0 aliphatic carbocycles. The molecule has 0 fully saturated rings. The van der Waals surface area contributed by atoms with Gasteiger partial charge in [-0.25, -0.2) is 8.78 Å². The Hall–Kier alpha value is -2.80. The molecule has 0 bridgehead atoms. The van der Waals surface area contributed by atoms with Crippen molar-refractivity contribution < 1.29 is 18.4 Å². The summed E-state index contributed by atoms with van der Waals surface area (Å²) in [6.45, 7) is 4.00. The lowest BCUT2D eigenvalue weighted by atomic mass is 10.1. The third-order valence-corrected chi connectivity index (χ3v) is 4.32. The van der Waals surface area contributed by atoms with Crippen LogP contribution in [-0.2, 0) is 11.3 Å². The van der Waals surface area contributed by atoms with E-state index in [4.69, 9.17) is 0 Å². The number of hydrogen-bond donors (Lipinski definition) is 2. The second kappa shape index (κ2) is 11.3. The molecule has 0 heterocycles. The summed E-state index contributed by atoms with van der Waals surface area (Å²) in [6.07, 6.45) is -1.84. The molecule has 2 amide bonds. The van der Waals surface area contributed by atoms with E-state index < -0.39 is 18.9 Å². The van der Waals surface area contributed by atoms with Crippen LogP contribution in [0.3, 0.4) is 0 Å². The molecule has 0 unspecified atom stereocenters. The van der Waals surface area contributed by atoms with Crippen molar-refractivity contribution in [2.45, 2.75) is 33.2 Å². The fraction of sp³-hybridized carbons (Fsp3) is 0.364. The normalized spacial score (nSPS) is 11.0. The molecule has 0 aromatic heterocycles. The summed E-state index contributed by atoms with van der Waals surface area (Å²) >= 11 is 0. The fourth-order valence-electron chi connectivity index (χ4n) is 2.91. The van der Waals surface area contributed by atoms with Crippen LogP contribution in [0.15, 0.2) is 48.5 Å². The number of benzene rings is 2. The molecule has 2 aromatic carbocycles. The quantitative estimate of drug-likeness (QED) is 0.634. The number of para-hydroxylation sites is 1. The van der Waals surface area contributed by atoms with Crippen molar-refractivity contribution in [2.24, 2.45) is 0 Å². The molecule has 2 rings (SSSR count). The van der Waals surface area contributed by atoms with Crippen molar-refractivity contribution in [1.82, 2.24) is 10.2 Å². The van der Waals surface area contributed by atoms with E-state index in [-0.39, 0.29) is 12.5 Å². The smallest absolute Gasteiger partial charge is 0.253 e. The summed E-state index contributed by atoms with van der Waals surface area (Å²) < 4.78 is 25.4. The minimum Gasteiger partial charge on any atom is -0.348 e. The van der Waals surface area contributed by atoms with Gasteiger partial charge in [-0.1, -0.05) is 48.9 Å². The molecule has 7 heteroatoms. The minimum absolute atomic E-state index is 0.155. The van der Waals surface area contributed by atoms with Crippen LogP contribution < -0.4 is 10.6 Å². The fourth-order valence-corrected chi connectivity index (χ4v) is 2.91. The number of rotatable bonds is 10. The summed E-state index contributed by atoms with van der Waals surface area (Å²) in [5.41, 5.74) is 2.78. The van der Waals surface area contributed by atoms with E-state index in [1.165, 1.54) is 4.90 Å². The first-order valence-corrected chi connectivity index (χ1v) is 9.62. The van der Waals surface area contributed by atoms with E-state index in [9.17, 15) is 18.4 Å². The summed E-state index contributed by atoms with van der Waals surface area (Å²) in [5.74, 6) is -0.752. The summed E-state index contributed by atoms with van der Waals surface area (Å²) in [6, 6.07) is 14.5. The molecule has 2 N–H and O–H groups in total. The Morgan fingerprint density at radius 3 is 2.41 bits per heavy atom. The van der Waals surface area contributed by atoms with Crippen molar-refractivity contribution >= 4 is 17.5 Å². The van der Waals surface area contributed by atoms with Gasteiger partial charge in [0.2, 0.25) is 5.91 Å². The molecule has 0 saturated heterocycles. The lowest BCUT2D eigenvalue weighted by Gasteiger charge is -2.21. The van der Waals surface area contributed by atoms with Gasteiger partial charge in [-0.05, 0) is 37.6 Å². The van der Waals surface area contributed by atoms with Gasteiger partial charge < -0.3 is 10.6 Å². The summed E-state index contributed by atoms with van der Waals surface area (Å²) in [7, 11) is 0. The second-order valence-electron chi connectivity index (χ2n) is 6.89. The van der Waals surface area contributed by atoms with Gasteiger partial charge in [-0.15, -0.1) is 0 Å². The van der Waals surface area contributed by atoms with Crippen molar-refractivity contribution in [3.63, 3.8) is 0 Å². The van der Waals surface area contributed by atoms with Gasteiger partial charge in [0.1, 0.15) is 0 Å². The maximum Gasteiger partial charge on any atom is 0.253 e. The zero-order valence-corrected chi connectivity index (χ0v) is 16.8. The first-order chi connectivity index (χ1) is 13.9. The summed E-state index contributed by atoms with van der Waals surface area (Å²) in [5, 5.41) is 5.51. The highest BCUT2D eigenvalue weighted by molar-refractivity contribution is 6.04. The Bertz CT molecular complexity index is 810. The van der Waals surface area contributed by atoms with Gasteiger partial charge in [0.15, 0.2) is 0 Å². The zero-order chi connectivity index (χ0) is 21.2. The minimum atomic E-state index is -2.51. The number of nitrogens with one attached hydrogen (secondary N) is 2. The standard InChI is InChI=1S/C22H27F2N3O2/c1-3-12-27(14-20(23)24)15-21(28)26-19-7-5-4-6-18(19)22(29)25-13-17-10-8-16(2)9-11-17/h4-11,20H,3,12-15H2,1-2H3,(H,25,29)(H,26,28). The number of alkyl halides is 2. The third kappa shape index (κ3) is 7.62. The highest BCUT2D eigenvalue weighted by atomic mass is 19.3. The van der Waals surface area contributed by atoms with Gasteiger partial charge >= 0.3 is 0 Å². The number of halogens is 2. The molecule has 5 nitrogen and oxygen atoms in total. The molecule has 156 valence electrons. The molecular formula is C22H27F2N3O2. The monoisotopic (exact) mass is 403 g/mol. The number of hydrogen-bond acceptors (Lipinski definition) is 3. The van der Waals surface area contributed by atoms with Gasteiger partial charge in [0, 0.05) is 6.54 Å². The van der Waals surface area contributed by atoms with E-state index >= 15 is 0 Å². The van der Waals surface area contributed by atoms with Crippen LogP contribution in [0, 0.1) is 6.92 Å². The van der Waals surface area contributed by atoms with Crippen LogP contribution in [0.25, 0.3) is 0 Å². The Labute approximate surface area is 170 Å². The third-order valence-electron chi connectivity index (χ3n) is 4.32. The number of aryl methyl sites for hydroxylation is 1. The Kier molecular flexibility index (Phi) is 8.73. The molecule has 0 aliphatic rings. The lowest BCUT2D eigenvalue weighted by Crippen LogP contribution is -2.37. The van der Waals surface area contributed by atoms with E-state index in [1.807, 2.05) is 38.1 Å². The van der Waals surface area contributed by atoms with Crippen LogP contribution >= 0.6 is 0 Å².